The maximum absolute atomic E-state index is 12.7. The van der Waals surface area contributed by atoms with Gasteiger partial charge in [-0.15, -0.1) is 0 Å². The predicted molar refractivity (Wildman–Crippen MR) is 87.8 cm³/mol. The van der Waals surface area contributed by atoms with Crippen LogP contribution in [-0.2, 0) is 11.0 Å². The van der Waals surface area contributed by atoms with Crippen LogP contribution in [0.15, 0.2) is 18.2 Å². The van der Waals surface area contributed by atoms with Gasteiger partial charge in [0.2, 0.25) is 5.88 Å². The highest BCUT2D eigenvalue weighted by atomic mass is 19.4. The van der Waals surface area contributed by atoms with Crippen molar-refractivity contribution in [2.24, 2.45) is 5.92 Å². The van der Waals surface area contributed by atoms with Crippen LogP contribution in [-0.4, -0.2) is 52.0 Å². The zero-order valence-corrected chi connectivity index (χ0v) is 14.6. The minimum atomic E-state index is -4.55. The first-order valence-electron chi connectivity index (χ1n) is 9.17. The molecule has 1 aromatic rings. The van der Waals surface area contributed by atoms with Gasteiger partial charge in [0, 0.05) is 12.1 Å². The molecule has 2 aliphatic heterocycles. The Balaban J connectivity index is 1.37. The number of hydrogen-bond acceptors (Lipinski definition) is 4. The summed E-state index contributed by atoms with van der Waals surface area (Å²) in [6.45, 7) is -0.0968. The fourth-order valence-electron chi connectivity index (χ4n) is 4.47. The van der Waals surface area contributed by atoms with Crippen LogP contribution in [0.1, 0.15) is 37.8 Å². The fourth-order valence-corrected chi connectivity index (χ4v) is 4.47. The number of rotatable bonds is 4. The molecule has 0 N–H and O–H groups in total. The number of alkyl halides is 3. The summed E-state index contributed by atoms with van der Waals surface area (Å²) >= 11 is 0. The number of pyridine rings is 1. The van der Waals surface area contributed by atoms with Crippen LogP contribution >= 0.6 is 0 Å². The molecule has 3 amide bonds. The summed E-state index contributed by atoms with van der Waals surface area (Å²) in [5.41, 5.74) is -1.04. The number of carbonyl (C=O) groups is 2. The van der Waals surface area contributed by atoms with E-state index in [0.717, 1.165) is 36.6 Å². The average molecular weight is 383 g/mol. The number of urea groups is 1. The summed E-state index contributed by atoms with van der Waals surface area (Å²) in [4.78, 5) is 31.6. The van der Waals surface area contributed by atoms with Gasteiger partial charge in [-0.2, -0.15) is 13.2 Å². The molecule has 3 aliphatic rings. The largest absolute Gasteiger partial charge is 0.476 e. The zero-order chi connectivity index (χ0) is 19.2. The lowest BCUT2D eigenvalue weighted by atomic mass is 9.84. The third-order valence-electron chi connectivity index (χ3n) is 5.67. The van der Waals surface area contributed by atoms with E-state index in [-0.39, 0.29) is 37.0 Å². The molecule has 0 aromatic carbocycles. The first kappa shape index (κ1) is 18.1. The third-order valence-corrected chi connectivity index (χ3v) is 5.67. The first-order valence-corrected chi connectivity index (χ1v) is 9.17. The van der Waals surface area contributed by atoms with Gasteiger partial charge in [0.25, 0.3) is 5.91 Å². The van der Waals surface area contributed by atoms with Gasteiger partial charge in [0.05, 0.1) is 6.54 Å². The van der Waals surface area contributed by atoms with Gasteiger partial charge in [-0.25, -0.2) is 9.78 Å². The van der Waals surface area contributed by atoms with Crippen molar-refractivity contribution in [2.75, 3.05) is 13.2 Å². The molecule has 9 heteroatoms. The molecule has 146 valence electrons. The van der Waals surface area contributed by atoms with Crippen molar-refractivity contribution in [1.29, 1.82) is 0 Å². The Bertz CT molecular complexity index is 755. The first-order chi connectivity index (χ1) is 12.9. The van der Waals surface area contributed by atoms with E-state index in [1.807, 2.05) is 0 Å². The Morgan fingerprint density at radius 2 is 1.96 bits per heavy atom. The number of fused-ring (bicyclic) bond motifs is 3. The van der Waals surface area contributed by atoms with E-state index in [0.29, 0.717) is 12.3 Å². The number of hydrogen-bond donors (Lipinski definition) is 0. The van der Waals surface area contributed by atoms with E-state index in [1.165, 1.54) is 12.1 Å². The van der Waals surface area contributed by atoms with Gasteiger partial charge in [0.15, 0.2) is 0 Å². The number of ether oxygens (including phenoxy) is 1. The highest BCUT2D eigenvalue weighted by Crippen LogP contribution is 2.43. The molecule has 3 heterocycles. The number of nitrogens with zero attached hydrogens (tertiary/aromatic N) is 3. The smallest absolute Gasteiger partial charge is 0.433 e. The molecular weight excluding hydrogens is 363 g/mol. The Kier molecular flexibility index (Phi) is 4.47. The SMILES string of the molecule is O=C1[C@@H]2C[C@H]3CCCC[C@H]3N2C(=O)N1CCOc1cccc(C(F)(F)F)n1. The van der Waals surface area contributed by atoms with E-state index in [1.54, 1.807) is 4.90 Å². The van der Waals surface area contributed by atoms with Gasteiger partial charge >= 0.3 is 12.2 Å². The average Bonchev–Trinajstić information content (AvgIpc) is 3.13. The molecule has 0 spiro atoms. The second-order valence-electron chi connectivity index (χ2n) is 7.25. The Morgan fingerprint density at radius 3 is 2.74 bits per heavy atom. The van der Waals surface area contributed by atoms with Crippen molar-refractivity contribution in [2.45, 2.75) is 50.4 Å². The van der Waals surface area contributed by atoms with Crippen LogP contribution in [0.4, 0.5) is 18.0 Å². The summed E-state index contributed by atoms with van der Waals surface area (Å²) < 4.78 is 43.3. The van der Waals surface area contributed by atoms with E-state index < -0.39 is 17.9 Å². The Labute approximate surface area is 154 Å². The number of carbonyl (C=O) groups excluding carboxylic acids is 2. The number of imide groups is 1. The normalized spacial score (nSPS) is 27.7. The molecule has 6 nitrogen and oxygen atoms in total. The van der Waals surface area contributed by atoms with Crippen molar-refractivity contribution in [3.05, 3.63) is 23.9 Å². The molecule has 0 unspecified atom stereocenters. The summed E-state index contributed by atoms with van der Waals surface area (Å²) in [6, 6.07) is 2.81. The minimum Gasteiger partial charge on any atom is -0.476 e. The molecule has 4 rings (SSSR count). The van der Waals surface area contributed by atoms with Crippen molar-refractivity contribution < 1.29 is 27.5 Å². The molecule has 1 aromatic heterocycles. The lowest BCUT2D eigenvalue weighted by Gasteiger charge is -2.30. The molecule has 3 fully saturated rings. The minimum absolute atomic E-state index is 0.0000210. The lowest BCUT2D eigenvalue weighted by molar-refractivity contribution is -0.141. The summed E-state index contributed by atoms with van der Waals surface area (Å²) in [7, 11) is 0. The molecule has 1 aliphatic carbocycles. The molecule has 1 saturated carbocycles. The topological polar surface area (TPSA) is 62.7 Å². The third kappa shape index (κ3) is 3.23. The molecule has 0 bridgehead atoms. The van der Waals surface area contributed by atoms with Crippen molar-refractivity contribution in [3.8, 4) is 5.88 Å². The highest BCUT2D eigenvalue weighted by Gasteiger charge is 2.55. The number of amides is 3. The monoisotopic (exact) mass is 383 g/mol. The lowest BCUT2D eigenvalue weighted by Crippen LogP contribution is -2.42. The Hall–Kier alpha value is -2.32. The van der Waals surface area contributed by atoms with Crippen LogP contribution in [0.3, 0.4) is 0 Å². The van der Waals surface area contributed by atoms with Crippen LogP contribution in [0.5, 0.6) is 5.88 Å². The number of halogens is 3. The van der Waals surface area contributed by atoms with E-state index in [9.17, 15) is 22.8 Å². The van der Waals surface area contributed by atoms with Crippen LogP contribution in [0, 0.1) is 5.92 Å². The Morgan fingerprint density at radius 1 is 1.19 bits per heavy atom. The van der Waals surface area contributed by atoms with E-state index >= 15 is 0 Å². The van der Waals surface area contributed by atoms with Crippen LogP contribution in [0.2, 0.25) is 0 Å². The predicted octanol–water partition coefficient (Wildman–Crippen LogP) is 3.07. The van der Waals surface area contributed by atoms with Crippen molar-refractivity contribution >= 4 is 11.9 Å². The van der Waals surface area contributed by atoms with E-state index in [2.05, 4.69) is 4.98 Å². The van der Waals surface area contributed by atoms with Gasteiger partial charge in [-0.05, 0) is 31.2 Å². The second-order valence-corrected chi connectivity index (χ2v) is 7.25. The molecular formula is C18H20F3N3O3. The maximum atomic E-state index is 12.7. The van der Waals surface area contributed by atoms with Gasteiger partial charge in [0.1, 0.15) is 18.3 Å². The summed E-state index contributed by atoms with van der Waals surface area (Å²) in [5, 5.41) is 0. The van der Waals surface area contributed by atoms with E-state index in [4.69, 9.17) is 4.74 Å². The van der Waals surface area contributed by atoms with Crippen molar-refractivity contribution in [3.63, 3.8) is 0 Å². The van der Waals surface area contributed by atoms with Gasteiger partial charge in [-0.1, -0.05) is 18.9 Å². The maximum Gasteiger partial charge on any atom is 0.433 e. The standard InChI is InChI=1S/C18H20F3N3O3/c19-18(20,21)14-6-3-7-15(22-14)27-9-8-23-16(25)13-10-11-4-1-2-5-12(11)24(13)17(23)26/h3,6-7,11-13H,1-2,4-5,8-10H2/t11-,12-,13+/m1/s1. The number of aromatic nitrogens is 1. The second kappa shape index (κ2) is 6.69. The zero-order valence-electron chi connectivity index (χ0n) is 14.6. The van der Waals surface area contributed by atoms with Crippen LogP contribution in [0.25, 0.3) is 0 Å². The summed E-state index contributed by atoms with van der Waals surface area (Å²) in [5.74, 6) is -0.00359. The molecule has 3 atom stereocenters. The fraction of sp³-hybridized carbons (Fsp3) is 0.611. The summed E-state index contributed by atoms with van der Waals surface area (Å²) in [6.07, 6.45) is 0.354. The van der Waals surface area contributed by atoms with Crippen molar-refractivity contribution in [1.82, 2.24) is 14.8 Å². The molecule has 2 saturated heterocycles. The quantitative estimate of drug-likeness (QED) is 0.750. The molecule has 27 heavy (non-hydrogen) atoms. The van der Waals surface area contributed by atoms with Gasteiger partial charge in [-0.3, -0.25) is 9.69 Å². The highest BCUT2D eigenvalue weighted by molar-refractivity contribution is 6.04. The molecule has 0 radical (unpaired) electrons. The van der Waals surface area contributed by atoms with Crippen LogP contribution < -0.4 is 4.74 Å². The van der Waals surface area contributed by atoms with Gasteiger partial charge < -0.3 is 9.64 Å².